The van der Waals surface area contributed by atoms with Crippen molar-refractivity contribution in [1.82, 2.24) is 29.9 Å². The smallest absolute Gasteiger partial charge is 0.241 e. The summed E-state index contributed by atoms with van der Waals surface area (Å²) in [7, 11) is -3.81. The number of nitrogens with zero attached hydrogens (tertiary/aromatic N) is 5. The number of aromatic nitrogens is 5. The molecule has 0 aliphatic heterocycles. The van der Waals surface area contributed by atoms with Gasteiger partial charge in [-0.1, -0.05) is 0 Å². The Morgan fingerprint density at radius 3 is 2.46 bits per heavy atom. The Bertz CT molecular complexity index is 1000. The lowest BCUT2D eigenvalue weighted by Gasteiger charge is -2.05. The van der Waals surface area contributed by atoms with Crippen molar-refractivity contribution in [2.75, 3.05) is 6.54 Å². The van der Waals surface area contributed by atoms with Crippen LogP contribution in [0.15, 0.2) is 53.7 Å². The zero-order valence-electron chi connectivity index (χ0n) is 13.5. The summed E-state index contributed by atoms with van der Waals surface area (Å²) in [4.78, 5) is 16.1. The summed E-state index contributed by atoms with van der Waals surface area (Å²) in [5, 5.41) is 12.2. The number of sulfonamides is 1. The molecule has 3 aromatic rings. The maximum Gasteiger partial charge on any atom is 0.241 e. The number of carbonyl (C=O) groups excluding carboxylic acids is 1. The maximum absolute atomic E-state index is 12.0. The summed E-state index contributed by atoms with van der Waals surface area (Å²) >= 11 is 0. The number of amides is 1. The quantitative estimate of drug-likeness (QED) is 0.570. The van der Waals surface area contributed by atoms with Gasteiger partial charge < -0.3 is 5.73 Å². The molecule has 0 unspecified atom stereocenters. The van der Waals surface area contributed by atoms with Crippen LogP contribution >= 0.6 is 0 Å². The Morgan fingerprint density at radius 1 is 1.12 bits per heavy atom. The minimum Gasteiger partial charge on any atom is -0.369 e. The lowest BCUT2D eigenvalue weighted by molar-refractivity contribution is -0.116. The third kappa shape index (κ3) is 4.26. The molecule has 134 valence electrons. The van der Waals surface area contributed by atoms with Crippen molar-refractivity contribution < 1.29 is 13.2 Å². The van der Waals surface area contributed by atoms with Gasteiger partial charge in [0.2, 0.25) is 21.8 Å². The van der Waals surface area contributed by atoms with Crippen molar-refractivity contribution in [2.45, 2.75) is 11.4 Å². The molecular formula is C15H15N7O3S. The van der Waals surface area contributed by atoms with E-state index in [1.807, 2.05) is 12.1 Å². The predicted molar refractivity (Wildman–Crippen MR) is 91.0 cm³/mol. The van der Waals surface area contributed by atoms with Gasteiger partial charge in [0, 0.05) is 18.0 Å². The summed E-state index contributed by atoms with van der Waals surface area (Å²) in [5.41, 5.74) is 6.53. The minimum absolute atomic E-state index is 0.00618. The molecule has 0 aliphatic rings. The second-order valence-corrected chi connectivity index (χ2v) is 7.08. The monoisotopic (exact) mass is 373 g/mol. The van der Waals surface area contributed by atoms with E-state index < -0.39 is 22.5 Å². The normalized spacial score (nSPS) is 11.4. The molecule has 1 aromatic carbocycles. The van der Waals surface area contributed by atoms with Gasteiger partial charge in [-0.15, -0.1) is 10.2 Å². The van der Waals surface area contributed by atoms with E-state index in [0.717, 1.165) is 5.56 Å². The van der Waals surface area contributed by atoms with Crippen molar-refractivity contribution in [1.29, 1.82) is 0 Å². The summed E-state index contributed by atoms with van der Waals surface area (Å²) in [6.45, 7) is -0.0198. The standard InChI is InChI=1S/C15H15N7O3S/c16-14(23)9-18-26(24,25)13-3-1-12(2-4-13)15-19-21-22(20-15)10-11-5-7-17-8-6-11/h1-8,18H,9-10H2,(H2,16,23). The highest BCUT2D eigenvalue weighted by molar-refractivity contribution is 7.89. The molecule has 0 atom stereocenters. The number of tetrazole rings is 1. The Labute approximate surface area is 149 Å². The molecular weight excluding hydrogens is 358 g/mol. The van der Waals surface area contributed by atoms with Gasteiger partial charge in [-0.2, -0.15) is 4.80 Å². The molecule has 0 saturated carbocycles. The van der Waals surface area contributed by atoms with Crippen LogP contribution < -0.4 is 10.5 Å². The highest BCUT2D eigenvalue weighted by Crippen LogP contribution is 2.17. The van der Waals surface area contributed by atoms with Crippen LogP contribution in [0.4, 0.5) is 0 Å². The van der Waals surface area contributed by atoms with Crippen LogP contribution in [0.5, 0.6) is 0 Å². The first kappa shape index (κ1) is 17.6. The molecule has 0 saturated heterocycles. The number of benzene rings is 1. The van der Waals surface area contributed by atoms with Crippen LogP contribution in [-0.4, -0.2) is 46.1 Å². The number of nitrogens with one attached hydrogen (secondary N) is 1. The second kappa shape index (κ2) is 7.37. The fourth-order valence-corrected chi connectivity index (χ4v) is 3.10. The Hall–Kier alpha value is -3.18. The number of primary amides is 1. The van der Waals surface area contributed by atoms with Crippen molar-refractivity contribution in [3.05, 3.63) is 54.4 Å². The highest BCUT2D eigenvalue weighted by Gasteiger charge is 2.15. The fraction of sp³-hybridized carbons (Fsp3) is 0.133. The Morgan fingerprint density at radius 2 is 1.81 bits per heavy atom. The summed E-state index contributed by atoms with van der Waals surface area (Å²) in [6.07, 6.45) is 3.36. The summed E-state index contributed by atoms with van der Waals surface area (Å²) < 4.78 is 26.2. The van der Waals surface area contributed by atoms with Crippen molar-refractivity contribution in [3.63, 3.8) is 0 Å². The zero-order valence-corrected chi connectivity index (χ0v) is 14.3. The number of nitrogens with two attached hydrogens (primary N) is 1. The van der Waals surface area contributed by atoms with E-state index in [1.54, 1.807) is 24.5 Å². The molecule has 2 aromatic heterocycles. The van der Waals surface area contributed by atoms with Crippen LogP contribution in [0.1, 0.15) is 5.56 Å². The largest absolute Gasteiger partial charge is 0.369 e. The number of rotatable bonds is 7. The van der Waals surface area contributed by atoms with E-state index in [4.69, 9.17) is 5.73 Å². The average Bonchev–Trinajstić information content (AvgIpc) is 3.09. The molecule has 3 rings (SSSR count). The first-order valence-corrected chi connectivity index (χ1v) is 8.97. The average molecular weight is 373 g/mol. The number of hydrogen-bond donors (Lipinski definition) is 2. The van der Waals surface area contributed by atoms with E-state index in [-0.39, 0.29) is 4.90 Å². The van der Waals surface area contributed by atoms with Crippen LogP contribution in [0.25, 0.3) is 11.4 Å². The molecule has 11 heteroatoms. The third-order valence-electron chi connectivity index (χ3n) is 3.39. The van der Waals surface area contributed by atoms with Crippen LogP contribution in [-0.2, 0) is 21.4 Å². The van der Waals surface area contributed by atoms with Crippen LogP contribution in [0.3, 0.4) is 0 Å². The molecule has 2 heterocycles. The van der Waals surface area contributed by atoms with Gasteiger partial charge in [-0.05, 0) is 47.2 Å². The molecule has 0 bridgehead atoms. The van der Waals surface area contributed by atoms with Gasteiger partial charge in [-0.25, -0.2) is 13.1 Å². The number of carbonyl (C=O) groups is 1. The van der Waals surface area contributed by atoms with Crippen molar-refractivity contribution >= 4 is 15.9 Å². The highest BCUT2D eigenvalue weighted by atomic mass is 32.2. The zero-order chi connectivity index (χ0) is 18.6. The van der Waals surface area contributed by atoms with Crippen molar-refractivity contribution in [3.8, 4) is 11.4 Å². The molecule has 0 spiro atoms. The third-order valence-corrected chi connectivity index (χ3v) is 4.80. The summed E-state index contributed by atoms with van der Waals surface area (Å²) in [6, 6.07) is 9.60. The minimum atomic E-state index is -3.81. The van der Waals surface area contributed by atoms with Gasteiger partial charge in [0.05, 0.1) is 18.0 Å². The van der Waals surface area contributed by atoms with Crippen LogP contribution in [0, 0.1) is 0 Å². The molecule has 0 radical (unpaired) electrons. The SMILES string of the molecule is NC(=O)CNS(=O)(=O)c1ccc(-c2nnn(Cc3ccncc3)n2)cc1. The van der Waals surface area contributed by atoms with Gasteiger partial charge in [0.15, 0.2) is 0 Å². The molecule has 10 nitrogen and oxygen atoms in total. The molecule has 3 N–H and O–H groups in total. The molecule has 26 heavy (non-hydrogen) atoms. The van der Waals surface area contributed by atoms with Gasteiger partial charge in [0.25, 0.3) is 0 Å². The Kier molecular flexibility index (Phi) is 5.00. The van der Waals surface area contributed by atoms with Gasteiger partial charge in [-0.3, -0.25) is 9.78 Å². The molecule has 0 aliphatic carbocycles. The van der Waals surface area contributed by atoms with Gasteiger partial charge >= 0.3 is 0 Å². The maximum atomic E-state index is 12.0. The fourth-order valence-electron chi connectivity index (χ4n) is 2.11. The van der Waals surface area contributed by atoms with E-state index in [2.05, 4.69) is 25.1 Å². The number of pyridine rings is 1. The lowest BCUT2D eigenvalue weighted by atomic mass is 10.2. The second-order valence-electron chi connectivity index (χ2n) is 5.31. The lowest BCUT2D eigenvalue weighted by Crippen LogP contribution is -2.33. The van der Waals surface area contributed by atoms with E-state index in [9.17, 15) is 13.2 Å². The predicted octanol–water partition coefficient (Wildman–Crippen LogP) is -0.453. The van der Waals surface area contributed by atoms with Crippen molar-refractivity contribution in [2.24, 2.45) is 5.73 Å². The van der Waals surface area contributed by atoms with Gasteiger partial charge in [0.1, 0.15) is 0 Å². The molecule has 0 fully saturated rings. The topological polar surface area (TPSA) is 146 Å². The van der Waals surface area contributed by atoms with E-state index in [1.165, 1.54) is 16.9 Å². The van der Waals surface area contributed by atoms with E-state index >= 15 is 0 Å². The summed E-state index contributed by atoms with van der Waals surface area (Å²) in [5.74, 6) is -0.395. The van der Waals surface area contributed by atoms with E-state index in [0.29, 0.717) is 17.9 Å². The number of hydrogen-bond acceptors (Lipinski definition) is 7. The first-order chi connectivity index (χ1) is 12.4. The van der Waals surface area contributed by atoms with Crippen LogP contribution in [0.2, 0.25) is 0 Å². The Balaban J connectivity index is 1.74. The molecule has 1 amide bonds. The first-order valence-electron chi connectivity index (χ1n) is 7.49.